The van der Waals surface area contributed by atoms with Crippen LogP contribution in [0.4, 0.5) is 4.79 Å². The predicted octanol–water partition coefficient (Wildman–Crippen LogP) is 0.650. The highest BCUT2D eigenvalue weighted by Crippen LogP contribution is 2.13. The molecule has 0 spiro atoms. The molecule has 1 rings (SSSR count). The number of aryl methyl sites for hydroxylation is 2. The van der Waals surface area contributed by atoms with Crippen LogP contribution in [0.3, 0.4) is 0 Å². The van der Waals surface area contributed by atoms with E-state index in [0.717, 1.165) is 18.5 Å². The summed E-state index contributed by atoms with van der Waals surface area (Å²) in [4.78, 5) is 11.4. The Morgan fingerprint density at radius 2 is 2.16 bits per heavy atom. The highest BCUT2D eigenvalue weighted by Gasteiger charge is 2.09. The van der Waals surface area contributed by atoms with Crippen LogP contribution in [0.2, 0.25) is 0 Å². The van der Waals surface area contributed by atoms with Crippen LogP contribution < -0.4 is 10.6 Å². The Morgan fingerprint density at radius 3 is 2.68 bits per heavy atom. The van der Waals surface area contributed by atoms with Gasteiger partial charge in [0, 0.05) is 19.3 Å². The molecule has 0 aliphatic heterocycles. The minimum absolute atomic E-state index is 0.0541. The number of carbonyl (C=O) groups is 1. The minimum Gasteiger partial charge on any atom is -0.394 e. The van der Waals surface area contributed by atoms with Gasteiger partial charge >= 0.3 is 6.03 Å². The molecule has 6 heteroatoms. The van der Waals surface area contributed by atoms with Gasteiger partial charge in [-0.3, -0.25) is 4.68 Å². The number of aromatic nitrogens is 2. The van der Waals surface area contributed by atoms with Crippen molar-refractivity contribution in [2.75, 3.05) is 13.2 Å². The van der Waals surface area contributed by atoms with Gasteiger partial charge in [-0.25, -0.2) is 4.79 Å². The van der Waals surface area contributed by atoms with Crippen molar-refractivity contribution < 1.29 is 9.90 Å². The zero-order valence-corrected chi connectivity index (χ0v) is 12.2. The van der Waals surface area contributed by atoms with Crippen LogP contribution in [0.1, 0.15) is 30.3 Å². The molecule has 0 unspecified atom stereocenters. The summed E-state index contributed by atoms with van der Waals surface area (Å²) >= 11 is 0. The first-order valence-corrected chi connectivity index (χ1v) is 6.60. The van der Waals surface area contributed by atoms with E-state index in [1.54, 1.807) is 6.92 Å². The van der Waals surface area contributed by atoms with Gasteiger partial charge < -0.3 is 15.7 Å². The largest absolute Gasteiger partial charge is 0.394 e. The SMILES string of the molecule is Cc1nn(C)c(C)c1CCCNC(=O)N[C@@H](C)CO. The lowest BCUT2D eigenvalue weighted by atomic mass is 10.1. The second-order valence-electron chi connectivity index (χ2n) is 4.86. The average molecular weight is 268 g/mol. The fourth-order valence-electron chi connectivity index (χ4n) is 1.97. The Hall–Kier alpha value is -1.56. The Balaban J connectivity index is 2.29. The quantitative estimate of drug-likeness (QED) is 0.663. The van der Waals surface area contributed by atoms with Gasteiger partial charge in [-0.1, -0.05) is 0 Å². The molecule has 3 N–H and O–H groups in total. The fraction of sp³-hybridized carbons (Fsp3) is 0.692. The van der Waals surface area contributed by atoms with Crippen molar-refractivity contribution in [1.29, 1.82) is 0 Å². The first-order valence-electron chi connectivity index (χ1n) is 6.60. The van der Waals surface area contributed by atoms with E-state index in [1.165, 1.54) is 11.3 Å². The van der Waals surface area contributed by atoms with Gasteiger partial charge in [0.2, 0.25) is 0 Å². The maximum absolute atomic E-state index is 11.4. The number of amides is 2. The second kappa shape index (κ2) is 7.13. The number of rotatable bonds is 6. The minimum atomic E-state index is -0.235. The summed E-state index contributed by atoms with van der Waals surface area (Å²) in [6, 6.07) is -0.455. The number of hydrogen-bond donors (Lipinski definition) is 3. The monoisotopic (exact) mass is 268 g/mol. The van der Waals surface area contributed by atoms with Crippen LogP contribution in [0.5, 0.6) is 0 Å². The van der Waals surface area contributed by atoms with Crippen molar-refractivity contribution in [3.63, 3.8) is 0 Å². The number of nitrogens with one attached hydrogen (secondary N) is 2. The third kappa shape index (κ3) is 4.55. The number of urea groups is 1. The molecule has 0 fully saturated rings. The van der Waals surface area contributed by atoms with Gasteiger partial charge in [-0.05, 0) is 39.2 Å². The third-order valence-corrected chi connectivity index (χ3v) is 3.20. The van der Waals surface area contributed by atoms with Crippen molar-refractivity contribution >= 4 is 6.03 Å². The summed E-state index contributed by atoms with van der Waals surface area (Å²) in [7, 11) is 1.94. The van der Waals surface area contributed by atoms with Crippen molar-refractivity contribution in [3.8, 4) is 0 Å². The Bertz CT molecular complexity index is 429. The summed E-state index contributed by atoms with van der Waals surface area (Å²) in [6.45, 7) is 6.37. The molecule has 0 bridgehead atoms. The lowest BCUT2D eigenvalue weighted by Crippen LogP contribution is -2.42. The highest BCUT2D eigenvalue weighted by atomic mass is 16.3. The lowest BCUT2D eigenvalue weighted by Gasteiger charge is -2.11. The summed E-state index contributed by atoms with van der Waals surface area (Å²) < 4.78 is 1.88. The van der Waals surface area contributed by atoms with Gasteiger partial charge in [-0.15, -0.1) is 0 Å². The van der Waals surface area contributed by atoms with Crippen molar-refractivity contribution in [1.82, 2.24) is 20.4 Å². The standard InChI is InChI=1S/C13H24N4O2/c1-9(8-18)15-13(19)14-7-5-6-12-10(2)16-17(4)11(12)3/h9,18H,5-8H2,1-4H3,(H2,14,15,19)/t9-/m0/s1. The molecule has 0 aliphatic carbocycles. The molecule has 1 aromatic rings. The van der Waals surface area contributed by atoms with E-state index in [1.807, 2.05) is 18.7 Å². The maximum atomic E-state index is 11.4. The van der Waals surface area contributed by atoms with Crippen molar-refractivity contribution in [3.05, 3.63) is 17.0 Å². The van der Waals surface area contributed by atoms with Crippen LogP contribution in [-0.4, -0.2) is 40.1 Å². The zero-order valence-electron chi connectivity index (χ0n) is 12.2. The van der Waals surface area contributed by atoms with Crippen molar-refractivity contribution in [2.45, 2.75) is 39.7 Å². The van der Waals surface area contributed by atoms with Gasteiger partial charge in [0.25, 0.3) is 0 Å². The van der Waals surface area contributed by atoms with Gasteiger partial charge in [0.05, 0.1) is 18.3 Å². The predicted molar refractivity (Wildman–Crippen MR) is 74.1 cm³/mol. The van der Waals surface area contributed by atoms with Gasteiger partial charge in [0.1, 0.15) is 0 Å². The molecule has 1 atom stereocenters. The van der Waals surface area contributed by atoms with Crippen LogP contribution in [0, 0.1) is 13.8 Å². The number of hydrogen-bond acceptors (Lipinski definition) is 3. The van der Waals surface area contributed by atoms with Crippen LogP contribution >= 0.6 is 0 Å². The van der Waals surface area contributed by atoms with Gasteiger partial charge in [-0.2, -0.15) is 5.10 Å². The smallest absolute Gasteiger partial charge is 0.315 e. The van der Waals surface area contributed by atoms with E-state index in [-0.39, 0.29) is 18.7 Å². The molecular formula is C13H24N4O2. The first-order chi connectivity index (χ1) is 8.95. The molecule has 0 saturated carbocycles. The first kappa shape index (κ1) is 15.5. The molecule has 2 amide bonds. The lowest BCUT2D eigenvalue weighted by molar-refractivity contribution is 0.220. The van der Waals surface area contributed by atoms with E-state index in [2.05, 4.69) is 22.7 Å². The van der Waals surface area contributed by atoms with E-state index in [4.69, 9.17) is 5.11 Å². The van der Waals surface area contributed by atoms with Crippen LogP contribution in [-0.2, 0) is 13.5 Å². The molecule has 0 aromatic carbocycles. The molecule has 19 heavy (non-hydrogen) atoms. The summed E-state index contributed by atoms with van der Waals surface area (Å²) in [5.74, 6) is 0. The Labute approximate surface area is 114 Å². The molecule has 0 saturated heterocycles. The zero-order chi connectivity index (χ0) is 14.4. The van der Waals surface area contributed by atoms with E-state index < -0.39 is 0 Å². The maximum Gasteiger partial charge on any atom is 0.315 e. The average Bonchev–Trinajstić information content (AvgIpc) is 2.60. The van der Waals surface area contributed by atoms with Crippen LogP contribution in [0.15, 0.2) is 0 Å². The molecule has 6 nitrogen and oxygen atoms in total. The molecule has 0 radical (unpaired) electrons. The van der Waals surface area contributed by atoms with E-state index in [9.17, 15) is 4.79 Å². The Kier molecular flexibility index (Phi) is 5.82. The number of carbonyl (C=O) groups excluding carboxylic acids is 1. The molecule has 1 aromatic heterocycles. The van der Waals surface area contributed by atoms with Crippen molar-refractivity contribution in [2.24, 2.45) is 7.05 Å². The normalized spacial score (nSPS) is 12.3. The third-order valence-electron chi connectivity index (χ3n) is 3.20. The Morgan fingerprint density at radius 1 is 1.47 bits per heavy atom. The highest BCUT2D eigenvalue weighted by molar-refractivity contribution is 5.74. The number of nitrogens with zero attached hydrogens (tertiary/aromatic N) is 2. The number of aliphatic hydroxyl groups excluding tert-OH is 1. The second-order valence-corrected chi connectivity index (χ2v) is 4.86. The summed E-state index contributed by atoms with van der Waals surface area (Å²) in [6.07, 6.45) is 1.77. The molecule has 0 aliphatic rings. The fourth-order valence-corrected chi connectivity index (χ4v) is 1.97. The summed E-state index contributed by atoms with van der Waals surface area (Å²) in [5.41, 5.74) is 3.49. The molecule has 108 valence electrons. The van der Waals surface area contributed by atoms with Gasteiger partial charge in [0.15, 0.2) is 0 Å². The topological polar surface area (TPSA) is 79.2 Å². The van der Waals surface area contributed by atoms with E-state index >= 15 is 0 Å². The summed E-state index contributed by atoms with van der Waals surface area (Å²) in [5, 5.41) is 18.6. The molecular weight excluding hydrogens is 244 g/mol. The molecule has 1 heterocycles. The van der Waals surface area contributed by atoms with Crippen LogP contribution in [0.25, 0.3) is 0 Å². The van der Waals surface area contributed by atoms with E-state index in [0.29, 0.717) is 6.54 Å². The number of aliphatic hydroxyl groups is 1.